The van der Waals surface area contributed by atoms with E-state index in [1.54, 1.807) is 0 Å². The molecule has 1 aliphatic heterocycles. The van der Waals surface area contributed by atoms with Gasteiger partial charge in [0.05, 0.1) is 30.5 Å². The molecule has 5 nitrogen and oxygen atoms in total. The number of fused-ring (bicyclic) bond motifs is 1. The molecule has 1 aromatic carbocycles. The van der Waals surface area contributed by atoms with E-state index in [0.717, 1.165) is 11.0 Å². The van der Waals surface area contributed by atoms with Crippen molar-refractivity contribution in [2.75, 3.05) is 6.54 Å². The summed E-state index contributed by atoms with van der Waals surface area (Å²) in [5.41, 5.74) is 1.82. The van der Waals surface area contributed by atoms with Gasteiger partial charge in [-0.3, -0.25) is 9.59 Å². The number of nitrogens with zero attached hydrogens (tertiary/aromatic N) is 2. The van der Waals surface area contributed by atoms with E-state index >= 15 is 0 Å². The monoisotopic (exact) mass is 229 g/mol. The standard InChI is InChI=1S/C12H11N3O2/c16-8-5-12(17)15(6-8)7-11-13-9-3-1-2-4-10(9)14-11/h1-4H,5-7H2,(H,13,14). The predicted octanol–water partition coefficient (Wildman–Crippen LogP) is 0.864. The number of ketones is 1. The summed E-state index contributed by atoms with van der Waals surface area (Å²) in [4.78, 5) is 31.6. The van der Waals surface area contributed by atoms with Crippen molar-refractivity contribution in [2.24, 2.45) is 0 Å². The lowest BCUT2D eigenvalue weighted by Crippen LogP contribution is -2.25. The Hall–Kier alpha value is -2.17. The van der Waals surface area contributed by atoms with E-state index < -0.39 is 0 Å². The van der Waals surface area contributed by atoms with Crippen molar-refractivity contribution < 1.29 is 9.59 Å². The maximum absolute atomic E-state index is 11.5. The fourth-order valence-electron chi connectivity index (χ4n) is 2.04. The average molecular weight is 229 g/mol. The number of Topliss-reactive ketones (excluding diaryl/α,β-unsaturated/α-hetero) is 1. The summed E-state index contributed by atoms with van der Waals surface area (Å²) < 4.78 is 0. The van der Waals surface area contributed by atoms with Crippen LogP contribution in [-0.2, 0) is 16.1 Å². The fourth-order valence-corrected chi connectivity index (χ4v) is 2.04. The van der Waals surface area contributed by atoms with Gasteiger partial charge in [-0.1, -0.05) is 12.1 Å². The molecule has 0 radical (unpaired) electrons. The molecule has 2 heterocycles. The number of likely N-dealkylation sites (tertiary alicyclic amines) is 1. The Morgan fingerprint density at radius 2 is 2.12 bits per heavy atom. The zero-order valence-corrected chi connectivity index (χ0v) is 9.14. The molecule has 0 bridgehead atoms. The molecule has 1 aliphatic rings. The molecule has 3 rings (SSSR count). The quantitative estimate of drug-likeness (QED) is 0.777. The molecule has 0 atom stereocenters. The molecular weight excluding hydrogens is 218 g/mol. The van der Waals surface area contributed by atoms with Crippen LogP contribution in [0.5, 0.6) is 0 Å². The Morgan fingerprint density at radius 3 is 2.82 bits per heavy atom. The van der Waals surface area contributed by atoms with Crippen LogP contribution in [0.15, 0.2) is 24.3 Å². The summed E-state index contributed by atoms with van der Waals surface area (Å²) in [5, 5.41) is 0. The zero-order chi connectivity index (χ0) is 11.8. The minimum Gasteiger partial charge on any atom is -0.340 e. The van der Waals surface area contributed by atoms with Crippen LogP contribution in [0.2, 0.25) is 0 Å². The van der Waals surface area contributed by atoms with Gasteiger partial charge in [0.25, 0.3) is 0 Å². The number of H-pyrrole nitrogens is 1. The van der Waals surface area contributed by atoms with E-state index in [0.29, 0.717) is 12.4 Å². The van der Waals surface area contributed by atoms with Crippen LogP contribution in [0.4, 0.5) is 0 Å². The van der Waals surface area contributed by atoms with Crippen LogP contribution in [0.25, 0.3) is 11.0 Å². The van der Waals surface area contributed by atoms with Gasteiger partial charge >= 0.3 is 0 Å². The summed E-state index contributed by atoms with van der Waals surface area (Å²) in [6.07, 6.45) is 0.0280. The van der Waals surface area contributed by atoms with Crippen LogP contribution < -0.4 is 0 Å². The number of para-hydroxylation sites is 2. The predicted molar refractivity (Wildman–Crippen MR) is 61.1 cm³/mol. The summed E-state index contributed by atoms with van der Waals surface area (Å²) in [7, 11) is 0. The molecule has 5 heteroatoms. The molecule has 0 aliphatic carbocycles. The number of aromatic amines is 1. The number of carbonyl (C=O) groups is 2. The van der Waals surface area contributed by atoms with Crippen molar-refractivity contribution in [3.8, 4) is 0 Å². The van der Waals surface area contributed by atoms with Gasteiger partial charge in [0.1, 0.15) is 5.82 Å². The van der Waals surface area contributed by atoms with Crippen LogP contribution in [-0.4, -0.2) is 33.1 Å². The summed E-state index contributed by atoms with van der Waals surface area (Å²) in [6.45, 7) is 0.579. The van der Waals surface area contributed by atoms with Crippen molar-refractivity contribution in [3.05, 3.63) is 30.1 Å². The fraction of sp³-hybridized carbons (Fsp3) is 0.250. The first-order valence-corrected chi connectivity index (χ1v) is 5.45. The second kappa shape index (κ2) is 3.69. The minimum atomic E-state index is -0.115. The van der Waals surface area contributed by atoms with Crippen molar-refractivity contribution in [3.63, 3.8) is 0 Å². The lowest BCUT2D eigenvalue weighted by molar-refractivity contribution is -0.128. The molecule has 1 amide bonds. The first-order chi connectivity index (χ1) is 8.22. The van der Waals surface area contributed by atoms with Gasteiger partial charge in [-0.05, 0) is 12.1 Å². The van der Waals surface area contributed by atoms with E-state index in [2.05, 4.69) is 9.97 Å². The number of amides is 1. The average Bonchev–Trinajstić information content (AvgIpc) is 2.82. The first-order valence-electron chi connectivity index (χ1n) is 5.45. The van der Waals surface area contributed by atoms with E-state index in [-0.39, 0.29) is 24.7 Å². The Labute approximate surface area is 97.4 Å². The van der Waals surface area contributed by atoms with Crippen molar-refractivity contribution in [2.45, 2.75) is 13.0 Å². The van der Waals surface area contributed by atoms with Gasteiger partial charge in [0, 0.05) is 0 Å². The number of rotatable bonds is 2. The van der Waals surface area contributed by atoms with Crippen LogP contribution >= 0.6 is 0 Å². The highest BCUT2D eigenvalue weighted by molar-refractivity contribution is 6.05. The molecule has 86 valence electrons. The normalized spacial score (nSPS) is 16.1. The van der Waals surface area contributed by atoms with Crippen molar-refractivity contribution >= 4 is 22.7 Å². The third-order valence-corrected chi connectivity index (χ3v) is 2.85. The number of aromatic nitrogens is 2. The maximum atomic E-state index is 11.5. The van der Waals surface area contributed by atoms with Gasteiger partial charge in [-0.15, -0.1) is 0 Å². The zero-order valence-electron chi connectivity index (χ0n) is 9.14. The van der Waals surface area contributed by atoms with E-state index in [1.807, 2.05) is 24.3 Å². The van der Waals surface area contributed by atoms with Gasteiger partial charge in [0.2, 0.25) is 5.91 Å². The highest BCUT2D eigenvalue weighted by Crippen LogP contribution is 2.14. The van der Waals surface area contributed by atoms with Gasteiger partial charge < -0.3 is 9.88 Å². The Morgan fingerprint density at radius 1 is 1.29 bits per heavy atom. The molecule has 17 heavy (non-hydrogen) atoms. The number of hydrogen-bond donors (Lipinski definition) is 1. The second-order valence-corrected chi connectivity index (χ2v) is 4.17. The van der Waals surface area contributed by atoms with Gasteiger partial charge in [-0.25, -0.2) is 4.98 Å². The molecule has 1 saturated heterocycles. The van der Waals surface area contributed by atoms with E-state index in [4.69, 9.17) is 0 Å². The van der Waals surface area contributed by atoms with E-state index in [9.17, 15) is 9.59 Å². The number of hydrogen-bond acceptors (Lipinski definition) is 3. The first kappa shape index (κ1) is 10.0. The van der Waals surface area contributed by atoms with Crippen molar-refractivity contribution in [1.29, 1.82) is 0 Å². The smallest absolute Gasteiger partial charge is 0.230 e. The topological polar surface area (TPSA) is 66.1 Å². The molecule has 1 N–H and O–H groups in total. The molecule has 0 spiro atoms. The highest BCUT2D eigenvalue weighted by atomic mass is 16.2. The Bertz CT molecular complexity index is 570. The number of carbonyl (C=O) groups excluding carboxylic acids is 2. The summed E-state index contributed by atoms with van der Waals surface area (Å²) in [5.74, 6) is 0.579. The van der Waals surface area contributed by atoms with Gasteiger partial charge in [0.15, 0.2) is 5.78 Å². The number of nitrogens with one attached hydrogen (secondary N) is 1. The largest absolute Gasteiger partial charge is 0.340 e. The van der Waals surface area contributed by atoms with Crippen molar-refractivity contribution in [1.82, 2.24) is 14.9 Å². The number of benzene rings is 1. The van der Waals surface area contributed by atoms with Crippen LogP contribution in [0, 0.1) is 0 Å². The van der Waals surface area contributed by atoms with Gasteiger partial charge in [-0.2, -0.15) is 0 Å². The van der Waals surface area contributed by atoms with Crippen LogP contribution in [0.1, 0.15) is 12.2 Å². The molecule has 0 unspecified atom stereocenters. The highest BCUT2D eigenvalue weighted by Gasteiger charge is 2.27. The molecule has 1 aromatic heterocycles. The summed E-state index contributed by atoms with van der Waals surface area (Å²) >= 11 is 0. The lowest BCUT2D eigenvalue weighted by atomic mass is 10.3. The number of imidazole rings is 1. The SMILES string of the molecule is O=C1CC(=O)N(Cc2nc3ccccc3[nH]2)C1. The maximum Gasteiger partial charge on any atom is 0.230 e. The third-order valence-electron chi connectivity index (χ3n) is 2.85. The van der Waals surface area contributed by atoms with E-state index in [1.165, 1.54) is 4.90 Å². The molecule has 0 saturated carbocycles. The molecule has 2 aromatic rings. The lowest BCUT2D eigenvalue weighted by Gasteiger charge is -2.11. The Balaban J connectivity index is 1.85. The Kier molecular flexibility index (Phi) is 2.18. The minimum absolute atomic E-state index is 0.0221. The van der Waals surface area contributed by atoms with Crippen LogP contribution in [0.3, 0.4) is 0 Å². The second-order valence-electron chi connectivity index (χ2n) is 4.17. The molecule has 1 fully saturated rings. The summed E-state index contributed by atoms with van der Waals surface area (Å²) in [6, 6.07) is 7.68. The third kappa shape index (κ3) is 1.80. The molecular formula is C12H11N3O2.